The first-order chi connectivity index (χ1) is 3.73. The Balaban J connectivity index is -0.00000000785. The van der Waals surface area contributed by atoms with Gasteiger partial charge in [0.15, 0.2) is 0 Å². The average Bonchev–Trinajstić information content (AvgIpc) is 1.19. The molecule has 9 heteroatoms. The van der Waals surface area contributed by atoms with E-state index in [2.05, 4.69) is 0 Å². The zero-order valence-corrected chi connectivity index (χ0v) is 23.5. The number of carboxylic acids is 1. The van der Waals surface area contributed by atoms with Gasteiger partial charge in [-0.15, -0.1) is 5.60 Å². The van der Waals surface area contributed by atoms with E-state index in [1.807, 2.05) is 0 Å². The third-order valence-corrected chi connectivity index (χ3v) is 0. The summed E-state index contributed by atoms with van der Waals surface area (Å²) in [6.07, 6.45) is 0. The zero-order valence-electron chi connectivity index (χ0n) is 11.0. The number of hydrogen-bond donors (Lipinski definition) is 0. The molecule has 0 aliphatic rings. The van der Waals surface area contributed by atoms with Crippen molar-refractivity contribution in [1.29, 1.82) is 0 Å². The average molecular weight is 325 g/mol. The molecule has 4 nitrogen and oxygen atoms in total. The van der Waals surface area contributed by atoms with Gasteiger partial charge < -0.3 is 25.2 Å². The summed E-state index contributed by atoms with van der Waals surface area (Å²) in [5, 5.41) is 19.0. The van der Waals surface area contributed by atoms with Crippen molar-refractivity contribution >= 4 is 5.97 Å². The van der Waals surface area contributed by atoms with Gasteiger partial charge in [0.1, 0.15) is 0 Å². The normalized spacial score (nSPS) is 5.67. The quantitative estimate of drug-likeness (QED) is 0.414. The largest absolute Gasteiger partial charge is 1.00 e. The van der Waals surface area contributed by atoms with Crippen molar-refractivity contribution in [2.24, 2.45) is 0 Å². The monoisotopic (exact) mass is 324 g/mol. The van der Waals surface area contributed by atoms with Crippen molar-refractivity contribution in [2.75, 3.05) is 0 Å². The van der Waals surface area contributed by atoms with Gasteiger partial charge in [-0.25, -0.2) is 0 Å². The maximum Gasteiger partial charge on any atom is 1.00 e. The number of carbonyl (C=O) groups excluding carboxylic acids is 1. The van der Waals surface area contributed by atoms with Crippen molar-refractivity contribution in [1.82, 2.24) is 0 Å². The Hall–Kier alpha value is 5.87. The molecule has 0 aromatic rings. The summed E-state index contributed by atoms with van der Waals surface area (Å²) < 4.78 is 0. The van der Waals surface area contributed by atoms with E-state index in [4.69, 9.17) is 9.90 Å². The minimum atomic E-state index is -1.08. The molecule has 0 unspecified atom stereocenters. The van der Waals surface area contributed by atoms with Gasteiger partial charge in [0.2, 0.25) is 0 Å². The van der Waals surface area contributed by atoms with Crippen LogP contribution >= 0.6 is 0 Å². The van der Waals surface area contributed by atoms with E-state index in [-0.39, 0.29) is 216 Å². The van der Waals surface area contributed by atoms with Crippen molar-refractivity contribution < 1.29 is 231 Å². The van der Waals surface area contributed by atoms with Crippen molar-refractivity contribution in [3.05, 3.63) is 0 Å². The summed E-state index contributed by atoms with van der Waals surface area (Å²) >= 11 is 0. The zero-order chi connectivity index (χ0) is 8.08. The van der Waals surface area contributed by atoms with E-state index in [0.717, 1.165) is 6.92 Å². The molecule has 0 spiro atoms. The third kappa shape index (κ3) is 184. The predicted molar refractivity (Wildman–Crippen MR) is 32.4 cm³/mol. The third-order valence-electron chi connectivity index (χ3n) is 0. The molecule has 0 rings (SSSR count). The van der Waals surface area contributed by atoms with E-state index in [1.165, 1.54) is 0 Å². The molecule has 0 bridgehead atoms. The SMILES string of the molecule is CC(=O)[O-].CC(C)(C)[O-].[F-].[K+].[K+].[K+].[K+].[OH-]. The maximum absolute atomic E-state index is 10.1. The topological polar surface area (TPSA) is 93.2 Å². The van der Waals surface area contributed by atoms with Gasteiger partial charge in [-0.3, -0.25) is 0 Å². The van der Waals surface area contributed by atoms with Crippen LogP contribution in [0.3, 0.4) is 0 Å². The molecular formula is C6H13FK4O4. The molecule has 0 atom stereocenters. The Labute approximate surface area is 261 Å². The number of rotatable bonds is 0. The van der Waals surface area contributed by atoms with Crippen LogP contribution in [0.15, 0.2) is 0 Å². The molecule has 0 aromatic carbocycles. The first kappa shape index (κ1) is 49.7. The number of aliphatic carboxylic acids is 1. The smallest absolute Gasteiger partial charge is 1.00 e. The number of hydrogen-bond acceptors (Lipinski definition) is 4. The minimum absolute atomic E-state index is 0. The Bertz CT molecular complexity index is 89.6. The van der Waals surface area contributed by atoms with Gasteiger partial charge in [-0.2, -0.15) is 0 Å². The van der Waals surface area contributed by atoms with E-state index in [9.17, 15) is 5.11 Å². The van der Waals surface area contributed by atoms with Crippen LogP contribution in [-0.2, 0) is 4.79 Å². The predicted octanol–water partition coefficient (Wildman–Crippen LogP) is -16.3. The van der Waals surface area contributed by atoms with Crippen LogP contribution in [0, 0.1) is 0 Å². The van der Waals surface area contributed by atoms with Gasteiger partial charge in [-0.05, 0) is 6.92 Å². The van der Waals surface area contributed by atoms with Crippen molar-refractivity contribution in [3.63, 3.8) is 0 Å². The molecule has 0 fully saturated rings. The van der Waals surface area contributed by atoms with E-state index in [1.54, 1.807) is 20.8 Å². The summed E-state index contributed by atoms with van der Waals surface area (Å²) in [6, 6.07) is 0. The summed E-state index contributed by atoms with van der Waals surface area (Å²) in [5.74, 6) is -1.08. The van der Waals surface area contributed by atoms with Gasteiger partial charge in [0.25, 0.3) is 0 Å². The van der Waals surface area contributed by atoms with E-state index < -0.39 is 11.6 Å². The van der Waals surface area contributed by atoms with Gasteiger partial charge >= 0.3 is 206 Å². The maximum atomic E-state index is 10.1. The standard InChI is InChI=1S/C4H9O.C2H4O2.FH.4K.H2O/c1-4(2,3)5;1-2(3)4;;;;;;/h1-3H3;1H3,(H,3,4);1H;;;;;1H2/q-1;;;4*+1;/p-3. The van der Waals surface area contributed by atoms with E-state index >= 15 is 0 Å². The molecule has 72 valence electrons. The summed E-state index contributed by atoms with van der Waals surface area (Å²) in [4.78, 5) is 8.89. The number of carboxylic acid groups (broad SMARTS) is 1. The second-order valence-corrected chi connectivity index (χ2v) is 2.60. The molecule has 0 saturated heterocycles. The second kappa shape index (κ2) is 32.0. The first-order valence-electron chi connectivity index (χ1n) is 2.61. The molecule has 0 amide bonds. The van der Waals surface area contributed by atoms with Crippen LogP contribution < -0.4 is 220 Å². The van der Waals surface area contributed by atoms with Crippen LogP contribution in [0.2, 0.25) is 0 Å². The molecule has 0 heterocycles. The summed E-state index contributed by atoms with van der Waals surface area (Å²) in [6.45, 7) is 5.87. The Morgan fingerprint density at radius 2 is 1.00 bits per heavy atom. The van der Waals surface area contributed by atoms with Gasteiger partial charge in [0, 0.05) is 5.97 Å². The number of halogens is 1. The van der Waals surface area contributed by atoms with E-state index in [0.29, 0.717) is 0 Å². The molecule has 1 N–H and O–H groups in total. The van der Waals surface area contributed by atoms with Gasteiger partial charge in [0.05, 0.1) is 0 Å². The number of carbonyl (C=O) groups is 1. The van der Waals surface area contributed by atoms with Crippen LogP contribution in [-0.4, -0.2) is 17.0 Å². The van der Waals surface area contributed by atoms with Crippen LogP contribution in [0.1, 0.15) is 27.7 Å². The minimum Gasteiger partial charge on any atom is -1.00 e. The Morgan fingerprint density at radius 1 is 1.00 bits per heavy atom. The summed E-state index contributed by atoms with van der Waals surface area (Å²) in [5.41, 5.74) is -0.750. The summed E-state index contributed by atoms with van der Waals surface area (Å²) in [7, 11) is 0. The van der Waals surface area contributed by atoms with Crippen molar-refractivity contribution in [3.8, 4) is 0 Å². The fourth-order valence-corrected chi connectivity index (χ4v) is 0. The Kier molecular flexibility index (Phi) is 106. The molecule has 0 aliphatic carbocycles. The first-order valence-corrected chi connectivity index (χ1v) is 2.61. The Morgan fingerprint density at radius 3 is 1.00 bits per heavy atom. The second-order valence-electron chi connectivity index (χ2n) is 2.60. The van der Waals surface area contributed by atoms with Crippen LogP contribution in [0.5, 0.6) is 0 Å². The fourth-order valence-electron chi connectivity index (χ4n) is 0. The molecule has 0 aromatic heterocycles. The van der Waals surface area contributed by atoms with Gasteiger partial charge in [-0.1, -0.05) is 20.8 Å². The molecule has 0 radical (unpaired) electrons. The van der Waals surface area contributed by atoms with Crippen LogP contribution in [0.25, 0.3) is 0 Å². The van der Waals surface area contributed by atoms with Crippen LogP contribution in [0.4, 0.5) is 0 Å². The molecule has 0 saturated carbocycles. The molecule has 15 heavy (non-hydrogen) atoms. The van der Waals surface area contributed by atoms with Crippen molar-refractivity contribution in [2.45, 2.75) is 33.3 Å². The molecular weight excluding hydrogens is 311 g/mol. The fraction of sp³-hybridized carbons (Fsp3) is 0.833. The molecule has 0 aliphatic heterocycles.